The molecule has 0 aliphatic carbocycles. The third-order valence-corrected chi connectivity index (χ3v) is 3.06. The number of nitrogen functional groups attached to an aromatic ring is 2. The van der Waals surface area contributed by atoms with Crippen molar-refractivity contribution in [1.82, 2.24) is 9.97 Å². The van der Waals surface area contributed by atoms with E-state index < -0.39 is 0 Å². The van der Waals surface area contributed by atoms with Gasteiger partial charge < -0.3 is 21.4 Å². The third-order valence-electron chi connectivity index (χ3n) is 3.06. The van der Waals surface area contributed by atoms with Gasteiger partial charge in [-0.05, 0) is 18.6 Å². The Labute approximate surface area is 124 Å². The highest BCUT2D eigenvalue weighted by atomic mass is 15.3. The summed E-state index contributed by atoms with van der Waals surface area (Å²) in [6.07, 6.45) is 0.973. The number of para-hydroxylation sites is 1. The molecule has 1 aromatic heterocycles. The minimum Gasteiger partial charge on any atom is -0.375 e. The van der Waals surface area contributed by atoms with Gasteiger partial charge in [0.15, 0.2) is 0 Å². The van der Waals surface area contributed by atoms with Crippen molar-refractivity contribution in [2.75, 3.05) is 41.5 Å². The molecule has 0 aliphatic heterocycles. The van der Waals surface area contributed by atoms with Crippen LogP contribution in [0.2, 0.25) is 0 Å². The van der Waals surface area contributed by atoms with E-state index >= 15 is 0 Å². The van der Waals surface area contributed by atoms with E-state index in [0.29, 0.717) is 11.6 Å². The number of benzene rings is 1. The average Bonchev–Trinajstić information content (AvgIpc) is 2.51. The third kappa shape index (κ3) is 4.50. The SMILES string of the molecule is CN(CCCNc1cc(NN)nc(N)n1)c1ccccc1. The summed E-state index contributed by atoms with van der Waals surface area (Å²) in [6, 6.07) is 12.0. The summed E-state index contributed by atoms with van der Waals surface area (Å²) in [6.45, 7) is 1.73. The van der Waals surface area contributed by atoms with Crippen LogP contribution in [-0.4, -0.2) is 30.1 Å². The molecular formula is C14H21N7. The summed E-state index contributed by atoms with van der Waals surface area (Å²) in [5.74, 6) is 6.66. The fraction of sp³-hybridized carbons (Fsp3) is 0.286. The summed E-state index contributed by atoms with van der Waals surface area (Å²) in [4.78, 5) is 10.2. The second kappa shape index (κ2) is 7.30. The zero-order valence-electron chi connectivity index (χ0n) is 12.1. The molecule has 1 aromatic carbocycles. The van der Waals surface area contributed by atoms with E-state index in [9.17, 15) is 0 Å². The van der Waals surface area contributed by atoms with Gasteiger partial charge in [0.2, 0.25) is 5.95 Å². The van der Waals surface area contributed by atoms with Crippen molar-refractivity contribution in [3.63, 3.8) is 0 Å². The standard InChI is InChI=1S/C14H21N7/c1-21(11-6-3-2-4-7-11)9-5-8-17-12-10-13(20-16)19-14(15)18-12/h2-4,6-7,10H,5,8-9,16H2,1H3,(H4,15,17,18,19,20). The molecule has 2 rings (SSSR count). The van der Waals surface area contributed by atoms with Crippen LogP contribution >= 0.6 is 0 Å². The molecule has 6 N–H and O–H groups in total. The van der Waals surface area contributed by atoms with Gasteiger partial charge in [0, 0.05) is 31.9 Å². The Morgan fingerprint density at radius 1 is 1.14 bits per heavy atom. The maximum Gasteiger partial charge on any atom is 0.223 e. The van der Waals surface area contributed by atoms with Crippen molar-refractivity contribution >= 4 is 23.3 Å². The molecule has 7 heteroatoms. The largest absolute Gasteiger partial charge is 0.375 e. The lowest BCUT2D eigenvalue weighted by Gasteiger charge is -2.19. The molecule has 0 bridgehead atoms. The van der Waals surface area contributed by atoms with Gasteiger partial charge in [0.05, 0.1) is 0 Å². The Kier molecular flexibility index (Phi) is 5.16. The number of nitrogens with one attached hydrogen (secondary N) is 2. The number of anilines is 4. The van der Waals surface area contributed by atoms with Gasteiger partial charge in [-0.2, -0.15) is 9.97 Å². The Morgan fingerprint density at radius 3 is 2.57 bits per heavy atom. The lowest BCUT2D eigenvalue weighted by Crippen LogP contribution is -2.21. The maximum atomic E-state index is 5.60. The van der Waals surface area contributed by atoms with Crippen molar-refractivity contribution in [2.45, 2.75) is 6.42 Å². The zero-order valence-corrected chi connectivity index (χ0v) is 12.1. The normalized spacial score (nSPS) is 10.2. The second-order valence-electron chi connectivity index (χ2n) is 4.68. The second-order valence-corrected chi connectivity index (χ2v) is 4.68. The van der Waals surface area contributed by atoms with Crippen LogP contribution in [0.1, 0.15) is 6.42 Å². The van der Waals surface area contributed by atoms with Crippen LogP contribution in [0.3, 0.4) is 0 Å². The first-order valence-corrected chi connectivity index (χ1v) is 6.80. The highest BCUT2D eigenvalue weighted by Gasteiger charge is 2.02. The first-order valence-electron chi connectivity index (χ1n) is 6.80. The summed E-state index contributed by atoms with van der Waals surface area (Å²) in [5.41, 5.74) is 9.26. The first kappa shape index (κ1) is 14.9. The lowest BCUT2D eigenvalue weighted by atomic mass is 10.3. The Bertz CT molecular complexity index is 559. The molecule has 112 valence electrons. The predicted molar refractivity (Wildman–Crippen MR) is 87.1 cm³/mol. The van der Waals surface area contributed by atoms with E-state index in [1.54, 1.807) is 6.07 Å². The lowest BCUT2D eigenvalue weighted by molar-refractivity contribution is 0.814. The number of aromatic nitrogens is 2. The van der Waals surface area contributed by atoms with E-state index in [-0.39, 0.29) is 5.95 Å². The van der Waals surface area contributed by atoms with Crippen LogP contribution in [0.4, 0.5) is 23.3 Å². The van der Waals surface area contributed by atoms with Gasteiger partial charge in [-0.1, -0.05) is 18.2 Å². The molecule has 0 fully saturated rings. The van der Waals surface area contributed by atoms with E-state index in [4.69, 9.17) is 11.6 Å². The van der Waals surface area contributed by atoms with Gasteiger partial charge in [-0.3, -0.25) is 0 Å². The predicted octanol–water partition coefficient (Wildman–Crippen LogP) is 1.28. The smallest absolute Gasteiger partial charge is 0.223 e. The topological polar surface area (TPSA) is 105 Å². The van der Waals surface area contributed by atoms with Gasteiger partial charge in [-0.25, -0.2) is 5.84 Å². The van der Waals surface area contributed by atoms with Crippen LogP contribution in [0, 0.1) is 0 Å². The van der Waals surface area contributed by atoms with Crippen LogP contribution in [-0.2, 0) is 0 Å². The number of hydrazine groups is 1. The molecule has 0 spiro atoms. The molecule has 0 unspecified atom stereocenters. The Hall–Kier alpha value is -2.54. The van der Waals surface area contributed by atoms with Gasteiger partial charge in [0.25, 0.3) is 0 Å². The van der Waals surface area contributed by atoms with Crippen LogP contribution in [0.15, 0.2) is 36.4 Å². The first-order chi connectivity index (χ1) is 10.2. The van der Waals surface area contributed by atoms with Gasteiger partial charge >= 0.3 is 0 Å². The van der Waals surface area contributed by atoms with Crippen molar-refractivity contribution in [2.24, 2.45) is 5.84 Å². The molecule has 7 nitrogen and oxygen atoms in total. The summed E-state index contributed by atoms with van der Waals surface area (Å²) in [5, 5.41) is 3.21. The number of nitrogens with two attached hydrogens (primary N) is 2. The van der Waals surface area contributed by atoms with Crippen molar-refractivity contribution in [1.29, 1.82) is 0 Å². The summed E-state index contributed by atoms with van der Waals surface area (Å²) >= 11 is 0. The summed E-state index contributed by atoms with van der Waals surface area (Å²) in [7, 11) is 2.08. The number of rotatable bonds is 7. The molecule has 21 heavy (non-hydrogen) atoms. The van der Waals surface area contributed by atoms with Crippen molar-refractivity contribution in [3.8, 4) is 0 Å². The fourth-order valence-electron chi connectivity index (χ4n) is 1.97. The van der Waals surface area contributed by atoms with Crippen LogP contribution < -0.4 is 27.2 Å². The molecule has 0 amide bonds. The van der Waals surface area contributed by atoms with Gasteiger partial charge in [0.1, 0.15) is 11.6 Å². The molecule has 1 heterocycles. The number of hydrogen-bond donors (Lipinski definition) is 4. The van der Waals surface area contributed by atoms with Crippen LogP contribution in [0.5, 0.6) is 0 Å². The van der Waals surface area contributed by atoms with Crippen molar-refractivity contribution < 1.29 is 0 Å². The molecule has 0 saturated carbocycles. The Morgan fingerprint density at radius 2 is 1.86 bits per heavy atom. The number of hydrogen-bond acceptors (Lipinski definition) is 7. The fourth-order valence-corrected chi connectivity index (χ4v) is 1.97. The Balaban J connectivity index is 1.78. The minimum absolute atomic E-state index is 0.189. The molecular weight excluding hydrogens is 266 g/mol. The minimum atomic E-state index is 0.189. The molecule has 0 atom stereocenters. The number of nitrogens with zero attached hydrogens (tertiary/aromatic N) is 3. The molecule has 2 aromatic rings. The van der Waals surface area contributed by atoms with E-state index in [1.165, 1.54) is 5.69 Å². The van der Waals surface area contributed by atoms with E-state index in [1.807, 2.05) is 18.2 Å². The molecule has 0 radical (unpaired) electrons. The highest BCUT2D eigenvalue weighted by Crippen LogP contribution is 2.12. The molecule has 0 aliphatic rings. The quantitative estimate of drug-likeness (QED) is 0.345. The van der Waals surface area contributed by atoms with Crippen LogP contribution in [0.25, 0.3) is 0 Å². The van der Waals surface area contributed by atoms with Crippen molar-refractivity contribution in [3.05, 3.63) is 36.4 Å². The molecule has 0 saturated heterocycles. The van der Waals surface area contributed by atoms with Gasteiger partial charge in [-0.15, -0.1) is 0 Å². The van der Waals surface area contributed by atoms with E-state index in [0.717, 1.165) is 19.5 Å². The van der Waals surface area contributed by atoms with E-state index in [2.05, 4.69) is 44.8 Å². The zero-order chi connectivity index (χ0) is 15.1. The maximum absolute atomic E-state index is 5.60. The average molecular weight is 287 g/mol. The summed E-state index contributed by atoms with van der Waals surface area (Å²) < 4.78 is 0. The monoisotopic (exact) mass is 287 g/mol. The highest BCUT2D eigenvalue weighted by molar-refractivity contribution is 5.50.